The molecule has 0 aliphatic carbocycles. The molecule has 0 saturated carbocycles. The summed E-state index contributed by atoms with van der Waals surface area (Å²) in [5, 5.41) is 0. The third-order valence-corrected chi connectivity index (χ3v) is 10.2. The second-order valence-electron chi connectivity index (χ2n) is 15.5. The predicted octanol–water partition coefficient (Wildman–Crippen LogP) is 12.2. The zero-order valence-corrected chi connectivity index (χ0v) is 34.5. The minimum atomic E-state index is -4.28. The number of phosphoric acid groups is 1. The number of hydrogen-bond donors (Lipinski definition) is 1. The molecule has 9 heteroatoms. The van der Waals surface area contributed by atoms with Crippen molar-refractivity contribution in [3.8, 4) is 0 Å². The summed E-state index contributed by atoms with van der Waals surface area (Å²) in [7, 11) is 1.65. The molecule has 2 atom stereocenters. The van der Waals surface area contributed by atoms with Crippen LogP contribution in [0.3, 0.4) is 0 Å². The summed E-state index contributed by atoms with van der Waals surface area (Å²) in [4.78, 5) is 22.8. The van der Waals surface area contributed by atoms with E-state index in [1.165, 1.54) is 141 Å². The van der Waals surface area contributed by atoms with Crippen LogP contribution in [0.25, 0.3) is 0 Å². The number of carbonyl (C=O) groups is 1. The SMILES string of the molecule is CCCCCCCCCCCCCC/C=C\OC[C@H](COP(=O)(O)OCC[N+](C)(C)C)OC(=O)CCCCCCCCCCCCCCCC. The van der Waals surface area contributed by atoms with Crippen molar-refractivity contribution < 1.29 is 37.3 Å². The second-order valence-corrected chi connectivity index (χ2v) is 16.9. The molecule has 1 unspecified atom stereocenters. The lowest BCUT2D eigenvalue weighted by Crippen LogP contribution is -2.37. The molecule has 0 aromatic rings. The van der Waals surface area contributed by atoms with Crippen molar-refractivity contribution in [2.45, 2.75) is 200 Å². The highest BCUT2D eigenvalue weighted by Crippen LogP contribution is 2.43. The summed E-state index contributed by atoms with van der Waals surface area (Å²) in [6.07, 6.45) is 37.6. The molecule has 0 spiro atoms. The van der Waals surface area contributed by atoms with Gasteiger partial charge in [0.15, 0.2) is 6.10 Å². The van der Waals surface area contributed by atoms with Crippen LogP contribution in [0.4, 0.5) is 0 Å². The largest absolute Gasteiger partial charge is 0.498 e. The normalized spacial score (nSPS) is 13.9. The summed E-state index contributed by atoms with van der Waals surface area (Å²) in [5.74, 6) is -0.333. The van der Waals surface area contributed by atoms with Gasteiger partial charge in [-0.05, 0) is 25.3 Å². The molecule has 1 N–H and O–H groups in total. The van der Waals surface area contributed by atoms with Crippen LogP contribution in [0, 0.1) is 0 Å². The van der Waals surface area contributed by atoms with Gasteiger partial charge in [0.1, 0.15) is 19.8 Å². The van der Waals surface area contributed by atoms with Crippen molar-refractivity contribution in [3.63, 3.8) is 0 Å². The number of ether oxygens (including phenoxy) is 2. The van der Waals surface area contributed by atoms with Crippen LogP contribution in [0.5, 0.6) is 0 Å². The molecule has 0 bridgehead atoms. The summed E-state index contributed by atoms with van der Waals surface area (Å²) in [6.45, 7) is 4.95. The second kappa shape index (κ2) is 35.1. The van der Waals surface area contributed by atoms with Crippen molar-refractivity contribution in [1.82, 2.24) is 0 Å². The summed E-state index contributed by atoms with van der Waals surface area (Å²) < 4.78 is 34.7. The van der Waals surface area contributed by atoms with Crippen molar-refractivity contribution in [2.75, 3.05) is 47.5 Å². The van der Waals surface area contributed by atoms with E-state index in [2.05, 4.69) is 13.8 Å². The highest BCUT2D eigenvalue weighted by atomic mass is 31.2. The molecule has 0 saturated heterocycles. The standard InChI is InChI=1S/C41H82NO7P/c1-6-8-10-12-14-16-18-20-22-24-26-28-30-32-34-41(43)49-40(39-48-50(44,45)47-37-35-42(3,4)5)38-46-36-33-31-29-27-25-23-21-19-17-15-13-11-9-7-2/h33,36,40H,6-32,34-35,37-39H2,1-5H3/p+1/b36-33-/t40-/m1/s1. The molecule has 0 radical (unpaired) electrons. The maximum absolute atomic E-state index is 12.6. The van der Waals surface area contributed by atoms with Crippen LogP contribution in [0.1, 0.15) is 194 Å². The Balaban J connectivity index is 4.29. The molecular weight excluding hydrogens is 649 g/mol. The van der Waals surface area contributed by atoms with Gasteiger partial charge in [0.25, 0.3) is 0 Å². The van der Waals surface area contributed by atoms with E-state index in [1.54, 1.807) is 6.26 Å². The van der Waals surface area contributed by atoms with Crippen LogP contribution in [0.15, 0.2) is 12.3 Å². The first-order chi connectivity index (χ1) is 24.1. The van der Waals surface area contributed by atoms with E-state index in [-0.39, 0.29) is 25.8 Å². The third kappa shape index (κ3) is 38.3. The molecule has 0 fully saturated rings. The first-order valence-electron chi connectivity index (χ1n) is 21.0. The lowest BCUT2D eigenvalue weighted by atomic mass is 10.0. The van der Waals surface area contributed by atoms with Crippen LogP contribution < -0.4 is 0 Å². The van der Waals surface area contributed by atoms with Gasteiger partial charge < -0.3 is 18.9 Å². The average Bonchev–Trinajstić information content (AvgIpc) is 3.06. The molecule has 298 valence electrons. The van der Waals surface area contributed by atoms with Crippen LogP contribution in [0.2, 0.25) is 0 Å². The predicted molar refractivity (Wildman–Crippen MR) is 210 cm³/mol. The Morgan fingerprint density at radius 1 is 0.620 bits per heavy atom. The monoisotopic (exact) mass is 733 g/mol. The molecule has 0 amide bonds. The van der Waals surface area contributed by atoms with E-state index in [1.807, 2.05) is 27.2 Å². The third-order valence-electron chi connectivity index (χ3n) is 9.17. The fourth-order valence-corrected chi connectivity index (χ4v) is 6.61. The number of unbranched alkanes of at least 4 members (excludes halogenated alkanes) is 25. The zero-order chi connectivity index (χ0) is 37.0. The van der Waals surface area contributed by atoms with E-state index in [0.717, 1.165) is 32.1 Å². The van der Waals surface area contributed by atoms with E-state index in [0.29, 0.717) is 17.4 Å². The summed E-state index contributed by atoms with van der Waals surface area (Å²) >= 11 is 0. The average molecular weight is 733 g/mol. The summed E-state index contributed by atoms with van der Waals surface area (Å²) in [6, 6.07) is 0. The van der Waals surface area contributed by atoms with Gasteiger partial charge in [0.05, 0.1) is 34.0 Å². The molecule has 8 nitrogen and oxygen atoms in total. The van der Waals surface area contributed by atoms with Crippen molar-refractivity contribution in [3.05, 3.63) is 12.3 Å². The Morgan fingerprint density at radius 2 is 1.04 bits per heavy atom. The maximum atomic E-state index is 12.6. The van der Waals surface area contributed by atoms with Gasteiger partial charge in [-0.15, -0.1) is 0 Å². The molecule has 0 aromatic carbocycles. The highest BCUT2D eigenvalue weighted by Gasteiger charge is 2.26. The van der Waals surface area contributed by atoms with Crippen LogP contribution in [-0.4, -0.2) is 69.0 Å². The minimum Gasteiger partial charge on any atom is -0.498 e. The van der Waals surface area contributed by atoms with E-state index < -0.39 is 13.9 Å². The van der Waals surface area contributed by atoms with Crippen LogP contribution in [-0.2, 0) is 27.9 Å². The number of rotatable bonds is 39. The lowest BCUT2D eigenvalue weighted by molar-refractivity contribution is -0.870. The Bertz CT molecular complexity index is 817. The Morgan fingerprint density at radius 3 is 1.48 bits per heavy atom. The molecule has 50 heavy (non-hydrogen) atoms. The Hall–Kier alpha value is -0.920. The Kier molecular flexibility index (Phi) is 34.5. The van der Waals surface area contributed by atoms with Gasteiger partial charge in [-0.1, -0.05) is 168 Å². The van der Waals surface area contributed by atoms with Gasteiger partial charge >= 0.3 is 13.8 Å². The molecule has 0 aliphatic rings. The number of allylic oxidation sites excluding steroid dienone is 1. The van der Waals surface area contributed by atoms with E-state index >= 15 is 0 Å². The first kappa shape index (κ1) is 49.1. The number of phosphoric ester groups is 1. The number of esters is 1. The van der Waals surface area contributed by atoms with Gasteiger partial charge in [-0.3, -0.25) is 13.8 Å². The Labute approximate surface area is 310 Å². The number of hydrogen-bond acceptors (Lipinski definition) is 6. The first-order valence-corrected chi connectivity index (χ1v) is 22.5. The van der Waals surface area contributed by atoms with Gasteiger partial charge in [0, 0.05) is 6.42 Å². The fourth-order valence-electron chi connectivity index (χ4n) is 5.87. The summed E-state index contributed by atoms with van der Waals surface area (Å²) in [5.41, 5.74) is 0. The molecule has 0 aromatic heterocycles. The van der Waals surface area contributed by atoms with Crippen LogP contribution >= 0.6 is 7.82 Å². The van der Waals surface area contributed by atoms with Crippen molar-refractivity contribution in [1.29, 1.82) is 0 Å². The maximum Gasteiger partial charge on any atom is 0.472 e. The molecule has 0 rings (SSSR count). The molecule has 0 aliphatic heterocycles. The number of likely N-dealkylation sites (N-methyl/N-ethyl adjacent to an activating group) is 1. The fraction of sp³-hybridized carbons (Fsp3) is 0.927. The van der Waals surface area contributed by atoms with Crippen molar-refractivity contribution >= 4 is 13.8 Å². The number of carbonyl (C=O) groups excluding carboxylic acids is 1. The number of nitrogens with zero attached hydrogens (tertiary/aromatic N) is 1. The van der Waals surface area contributed by atoms with E-state index in [4.69, 9.17) is 18.5 Å². The molecule has 0 heterocycles. The van der Waals surface area contributed by atoms with Gasteiger partial charge in [-0.25, -0.2) is 4.57 Å². The van der Waals surface area contributed by atoms with Gasteiger partial charge in [-0.2, -0.15) is 0 Å². The lowest BCUT2D eigenvalue weighted by Gasteiger charge is -2.24. The number of quaternary nitrogens is 1. The zero-order valence-electron chi connectivity index (χ0n) is 33.7. The quantitative estimate of drug-likeness (QED) is 0.0221. The topological polar surface area (TPSA) is 91.3 Å². The van der Waals surface area contributed by atoms with E-state index in [9.17, 15) is 14.3 Å². The van der Waals surface area contributed by atoms with Crippen molar-refractivity contribution in [2.24, 2.45) is 0 Å². The molecular formula is C41H83NO7P+. The van der Waals surface area contributed by atoms with Gasteiger partial charge in [0.2, 0.25) is 0 Å². The smallest absolute Gasteiger partial charge is 0.472 e. The minimum absolute atomic E-state index is 0.0539. The highest BCUT2D eigenvalue weighted by molar-refractivity contribution is 7.47.